The van der Waals surface area contributed by atoms with Gasteiger partial charge in [-0.25, -0.2) is 0 Å². The summed E-state index contributed by atoms with van der Waals surface area (Å²) in [6, 6.07) is 4.12. The normalized spacial score (nSPS) is 15.7. The van der Waals surface area contributed by atoms with Crippen molar-refractivity contribution < 1.29 is 9.21 Å². The maximum absolute atomic E-state index is 11.7. The number of halogens is 1. The molecule has 0 aliphatic carbocycles. The Hall–Kier alpha value is -1.79. The molecule has 3 heterocycles. The van der Waals surface area contributed by atoms with Crippen LogP contribution in [0.1, 0.15) is 31.1 Å². The molecule has 1 fully saturated rings. The van der Waals surface area contributed by atoms with Crippen molar-refractivity contribution in [2.45, 2.75) is 39.3 Å². The fourth-order valence-electron chi connectivity index (χ4n) is 2.80. The molecular weight excluding hydrogens is 316 g/mol. The Morgan fingerprint density at radius 3 is 2.96 bits per heavy atom. The summed E-state index contributed by atoms with van der Waals surface area (Å²) in [5.74, 6) is 1.95. The average Bonchev–Trinajstić information content (AvgIpc) is 3.19. The zero-order valence-corrected chi connectivity index (χ0v) is 14.3. The first kappa shape index (κ1) is 17.6. The number of hydrogen-bond donors (Lipinski definition) is 2. The van der Waals surface area contributed by atoms with Gasteiger partial charge in [-0.05, 0) is 32.4 Å². The van der Waals surface area contributed by atoms with E-state index in [1.807, 2.05) is 30.2 Å². The smallest absolute Gasteiger partial charge is 0.222 e. The molecule has 6 nitrogen and oxygen atoms in total. The number of carbonyl (C=O) groups is 1. The summed E-state index contributed by atoms with van der Waals surface area (Å²) in [7, 11) is 0. The van der Waals surface area contributed by atoms with E-state index < -0.39 is 0 Å². The topological polar surface area (TPSA) is 74.2 Å². The van der Waals surface area contributed by atoms with Gasteiger partial charge in [0, 0.05) is 37.7 Å². The molecule has 3 rings (SSSR count). The van der Waals surface area contributed by atoms with Crippen molar-refractivity contribution in [1.82, 2.24) is 20.4 Å². The van der Waals surface area contributed by atoms with Crippen LogP contribution in [0.3, 0.4) is 0 Å². The van der Waals surface area contributed by atoms with E-state index in [0.29, 0.717) is 13.0 Å². The molecule has 0 aromatic carbocycles. The number of nitrogens with one attached hydrogen (secondary N) is 2. The molecule has 126 valence electrons. The second-order valence-electron chi connectivity index (χ2n) is 5.91. The summed E-state index contributed by atoms with van der Waals surface area (Å²) in [6.07, 6.45) is 3.49. The highest BCUT2D eigenvalue weighted by Gasteiger charge is 2.21. The van der Waals surface area contributed by atoms with Crippen LogP contribution in [-0.4, -0.2) is 40.1 Å². The predicted molar refractivity (Wildman–Crippen MR) is 90.4 cm³/mol. The summed E-state index contributed by atoms with van der Waals surface area (Å²) in [5.41, 5.74) is 1.97. The van der Waals surface area contributed by atoms with Gasteiger partial charge in [-0.1, -0.05) is 0 Å². The van der Waals surface area contributed by atoms with E-state index in [0.717, 1.165) is 42.3 Å². The van der Waals surface area contributed by atoms with E-state index in [-0.39, 0.29) is 24.4 Å². The third kappa shape index (κ3) is 4.14. The first-order valence-electron chi connectivity index (χ1n) is 7.73. The molecule has 0 saturated carbocycles. The Bertz CT molecular complexity index is 652. The summed E-state index contributed by atoms with van der Waals surface area (Å²) >= 11 is 0. The SMILES string of the molecule is Cc1ccc(-c2[nH]ncc2CNC(C)CN2CCCC2=O)o1.Cl. The van der Waals surface area contributed by atoms with E-state index in [4.69, 9.17) is 4.42 Å². The molecule has 1 unspecified atom stereocenters. The second-order valence-corrected chi connectivity index (χ2v) is 5.91. The number of furan rings is 1. The van der Waals surface area contributed by atoms with Gasteiger partial charge >= 0.3 is 0 Å². The van der Waals surface area contributed by atoms with E-state index in [1.54, 1.807) is 0 Å². The number of aryl methyl sites for hydroxylation is 1. The number of hydrogen-bond acceptors (Lipinski definition) is 4. The molecule has 0 radical (unpaired) electrons. The van der Waals surface area contributed by atoms with E-state index in [1.165, 1.54) is 0 Å². The molecule has 23 heavy (non-hydrogen) atoms. The quantitative estimate of drug-likeness (QED) is 0.848. The molecule has 2 N–H and O–H groups in total. The van der Waals surface area contributed by atoms with Gasteiger partial charge in [0.25, 0.3) is 0 Å². The minimum atomic E-state index is 0. The molecular formula is C16H23ClN4O2. The van der Waals surface area contributed by atoms with Crippen molar-refractivity contribution in [3.63, 3.8) is 0 Å². The fourth-order valence-corrected chi connectivity index (χ4v) is 2.80. The predicted octanol–water partition coefficient (Wildman–Crippen LogP) is 2.50. The van der Waals surface area contributed by atoms with Crippen LogP contribution in [0.15, 0.2) is 22.7 Å². The lowest BCUT2D eigenvalue weighted by Gasteiger charge is -2.21. The molecule has 2 aromatic heterocycles. The van der Waals surface area contributed by atoms with Crippen molar-refractivity contribution >= 4 is 18.3 Å². The number of rotatable bonds is 6. The first-order valence-corrected chi connectivity index (χ1v) is 7.73. The van der Waals surface area contributed by atoms with Crippen molar-refractivity contribution in [2.75, 3.05) is 13.1 Å². The lowest BCUT2D eigenvalue weighted by molar-refractivity contribution is -0.127. The summed E-state index contributed by atoms with van der Waals surface area (Å²) < 4.78 is 5.65. The molecule has 1 amide bonds. The molecule has 1 aliphatic rings. The lowest BCUT2D eigenvalue weighted by atomic mass is 10.2. The lowest BCUT2D eigenvalue weighted by Crippen LogP contribution is -2.39. The second kappa shape index (κ2) is 7.66. The molecule has 1 atom stereocenters. The third-order valence-corrected chi connectivity index (χ3v) is 4.01. The molecule has 1 aliphatic heterocycles. The van der Waals surface area contributed by atoms with E-state index >= 15 is 0 Å². The van der Waals surface area contributed by atoms with Gasteiger partial charge in [0.05, 0.1) is 6.20 Å². The molecule has 0 spiro atoms. The molecule has 7 heteroatoms. The van der Waals surface area contributed by atoms with Crippen molar-refractivity contribution in [1.29, 1.82) is 0 Å². The monoisotopic (exact) mass is 338 g/mol. The largest absolute Gasteiger partial charge is 0.460 e. The number of aromatic amines is 1. The Morgan fingerprint density at radius 1 is 1.48 bits per heavy atom. The Kier molecular flexibility index (Phi) is 5.85. The van der Waals surface area contributed by atoms with Crippen LogP contribution < -0.4 is 5.32 Å². The Balaban J connectivity index is 0.00000192. The van der Waals surface area contributed by atoms with Crippen LogP contribution in [0, 0.1) is 6.92 Å². The Morgan fingerprint density at radius 2 is 2.30 bits per heavy atom. The van der Waals surface area contributed by atoms with Crippen LogP contribution in [0.4, 0.5) is 0 Å². The average molecular weight is 339 g/mol. The number of aromatic nitrogens is 2. The van der Waals surface area contributed by atoms with Crippen LogP contribution in [0.5, 0.6) is 0 Å². The highest BCUT2D eigenvalue weighted by Crippen LogP contribution is 2.23. The van der Waals surface area contributed by atoms with Crippen LogP contribution in [-0.2, 0) is 11.3 Å². The number of amides is 1. The number of carbonyl (C=O) groups excluding carboxylic acids is 1. The fraction of sp³-hybridized carbons (Fsp3) is 0.500. The molecule has 0 bridgehead atoms. The van der Waals surface area contributed by atoms with Crippen molar-refractivity contribution in [2.24, 2.45) is 0 Å². The summed E-state index contributed by atoms with van der Waals surface area (Å²) in [5, 5.41) is 10.6. The molecule has 1 saturated heterocycles. The zero-order chi connectivity index (χ0) is 15.5. The van der Waals surface area contributed by atoms with Crippen LogP contribution >= 0.6 is 12.4 Å². The van der Waals surface area contributed by atoms with Crippen LogP contribution in [0.25, 0.3) is 11.5 Å². The van der Waals surface area contributed by atoms with Gasteiger partial charge in [0.2, 0.25) is 5.91 Å². The summed E-state index contributed by atoms with van der Waals surface area (Å²) in [4.78, 5) is 13.6. The number of nitrogens with zero attached hydrogens (tertiary/aromatic N) is 2. The van der Waals surface area contributed by atoms with Gasteiger partial charge in [-0.3, -0.25) is 9.89 Å². The zero-order valence-electron chi connectivity index (χ0n) is 13.5. The minimum absolute atomic E-state index is 0. The highest BCUT2D eigenvalue weighted by atomic mass is 35.5. The van der Waals surface area contributed by atoms with Gasteiger partial charge in [0.1, 0.15) is 11.5 Å². The minimum Gasteiger partial charge on any atom is -0.460 e. The van der Waals surface area contributed by atoms with Gasteiger partial charge in [-0.2, -0.15) is 5.10 Å². The maximum Gasteiger partial charge on any atom is 0.222 e. The van der Waals surface area contributed by atoms with Gasteiger partial charge in [0.15, 0.2) is 5.76 Å². The molecule has 2 aromatic rings. The van der Waals surface area contributed by atoms with Gasteiger partial charge < -0.3 is 14.6 Å². The first-order chi connectivity index (χ1) is 10.6. The maximum atomic E-state index is 11.7. The van der Waals surface area contributed by atoms with E-state index in [2.05, 4.69) is 22.4 Å². The number of likely N-dealkylation sites (tertiary alicyclic amines) is 1. The van der Waals surface area contributed by atoms with Crippen molar-refractivity contribution in [3.05, 3.63) is 29.7 Å². The Labute approximate surface area is 142 Å². The number of H-pyrrole nitrogens is 1. The highest BCUT2D eigenvalue weighted by molar-refractivity contribution is 5.85. The van der Waals surface area contributed by atoms with Crippen molar-refractivity contribution in [3.8, 4) is 11.5 Å². The van der Waals surface area contributed by atoms with Crippen LogP contribution in [0.2, 0.25) is 0 Å². The van der Waals surface area contributed by atoms with E-state index in [9.17, 15) is 4.79 Å². The standard InChI is InChI=1S/C16H22N4O2.ClH/c1-11(10-20-7-3-4-15(20)21)17-8-13-9-18-19-16(13)14-6-5-12(2)22-14;/h5-6,9,11,17H,3-4,7-8,10H2,1-2H3,(H,18,19);1H. The third-order valence-electron chi connectivity index (χ3n) is 4.01. The summed E-state index contributed by atoms with van der Waals surface area (Å²) in [6.45, 7) is 6.35. The van der Waals surface area contributed by atoms with Gasteiger partial charge in [-0.15, -0.1) is 12.4 Å².